The molecule has 0 radical (unpaired) electrons. The molecule has 0 aliphatic heterocycles. The van der Waals surface area contributed by atoms with E-state index < -0.39 is 0 Å². The van der Waals surface area contributed by atoms with Crippen molar-refractivity contribution in [2.45, 2.75) is 43.5 Å². The molecule has 1 aliphatic carbocycles. The Kier molecular flexibility index (Phi) is 3.92. The number of aryl methyl sites for hydroxylation is 1. The standard InChI is InChI=1S/C13H18BrNO2/c1-9-7-10(8-17-9)13(16)15(2)12-6-4-3-5-11(12)14/h7-8,11-12H,3-6H2,1-2H3. The molecule has 0 spiro atoms. The van der Waals surface area contributed by atoms with Crippen LogP contribution in [0.5, 0.6) is 0 Å². The van der Waals surface area contributed by atoms with Gasteiger partial charge in [0.1, 0.15) is 12.0 Å². The van der Waals surface area contributed by atoms with E-state index in [0.29, 0.717) is 16.4 Å². The van der Waals surface area contributed by atoms with Crippen LogP contribution >= 0.6 is 15.9 Å². The SMILES string of the molecule is Cc1cc(C(=O)N(C)C2CCCCC2Br)co1. The summed E-state index contributed by atoms with van der Waals surface area (Å²) in [4.78, 5) is 14.5. The average molecular weight is 300 g/mol. The Morgan fingerprint density at radius 1 is 1.47 bits per heavy atom. The van der Waals surface area contributed by atoms with Crippen LogP contribution < -0.4 is 0 Å². The molecule has 1 heterocycles. The first-order valence-electron chi connectivity index (χ1n) is 6.06. The quantitative estimate of drug-likeness (QED) is 0.785. The van der Waals surface area contributed by atoms with Gasteiger partial charge < -0.3 is 9.32 Å². The van der Waals surface area contributed by atoms with E-state index in [9.17, 15) is 4.79 Å². The number of halogens is 1. The third kappa shape index (κ3) is 2.73. The minimum absolute atomic E-state index is 0.0539. The van der Waals surface area contributed by atoms with Gasteiger partial charge >= 0.3 is 0 Å². The molecule has 1 aromatic rings. The van der Waals surface area contributed by atoms with Crippen molar-refractivity contribution in [3.8, 4) is 0 Å². The number of hydrogen-bond donors (Lipinski definition) is 0. The predicted octanol–water partition coefficient (Wildman–Crippen LogP) is 3.37. The van der Waals surface area contributed by atoms with E-state index in [4.69, 9.17) is 4.42 Å². The Morgan fingerprint density at radius 2 is 2.18 bits per heavy atom. The van der Waals surface area contributed by atoms with E-state index >= 15 is 0 Å². The van der Waals surface area contributed by atoms with E-state index in [1.165, 1.54) is 12.8 Å². The Hall–Kier alpha value is -0.770. The molecular weight excluding hydrogens is 282 g/mol. The fourth-order valence-electron chi connectivity index (χ4n) is 2.41. The second kappa shape index (κ2) is 5.25. The zero-order valence-corrected chi connectivity index (χ0v) is 11.9. The van der Waals surface area contributed by atoms with Crippen molar-refractivity contribution in [2.24, 2.45) is 0 Å². The highest BCUT2D eigenvalue weighted by Crippen LogP contribution is 2.28. The van der Waals surface area contributed by atoms with Gasteiger partial charge in [-0.25, -0.2) is 0 Å². The molecule has 2 rings (SSSR count). The van der Waals surface area contributed by atoms with Gasteiger partial charge in [-0.3, -0.25) is 4.79 Å². The highest BCUT2D eigenvalue weighted by molar-refractivity contribution is 9.09. The zero-order chi connectivity index (χ0) is 12.4. The van der Waals surface area contributed by atoms with Gasteiger partial charge in [0.05, 0.1) is 5.56 Å². The smallest absolute Gasteiger partial charge is 0.257 e. The molecule has 3 nitrogen and oxygen atoms in total. The molecule has 0 bridgehead atoms. The number of nitrogens with zero attached hydrogens (tertiary/aromatic N) is 1. The third-order valence-corrected chi connectivity index (χ3v) is 4.51. The third-order valence-electron chi connectivity index (χ3n) is 3.44. The van der Waals surface area contributed by atoms with Crippen molar-refractivity contribution in [1.82, 2.24) is 4.90 Å². The first-order valence-corrected chi connectivity index (χ1v) is 6.97. The molecule has 0 saturated heterocycles. The van der Waals surface area contributed by atoms with Gasteiger partial charge in [-0.2, -0.15) is 0 Å². The molecule has 1 aromatic heterocycles. The minimum Gasteiger partial charge on any atom is -0.469 e. The fraction of sp³-hybridized carbons (Fsp3) is 0.615. The number of amides is 1. The van der Waals surface area contributed by atoms with Gasteiger partial charge in [0.25, 0.3) is 5.91 Å². The largest absolute Gasteiger partial charge is 0.469 e. The number of rotatable bonds is 2. The maximum Gasteiger partial charge on any atom is 0.257 e. The lowest BCUT2D eigenvalue weighted by molar-refractivity contribution is 0.0704. The highest BCUT2D eigenvalue weighted by atomic mass is 79.9. The summed E-state index contributed by atoms with van der Waals surface area (Å²) in [7, 11) is 1.88. The Balaban J connectivity index is 2.08. The first-order chi connectivity index (χ1) is 8.09. The molecule has 1 saturated carbocycles. The fourth-order valence-corrected chi connectivity index (χ4v) is 3.35. The predicted molar refractivity (Wildman–Crippen MR) is 70.5 cm³/mol. The van der Waals surface area contributed by atoms with Crippen molar-refractivity contribution in [2.75, 3.05) is 7.05 Å². The van der Waals surface area contributed by atoms with E-state index in [1.807, 2.05) is 18.9 Å². The van der Waals surface area contributed by atoms with E-state index in [1.54, 1.807) is 12.3 Å². The summed E-state index contributed by atoms with van der Waals surface area (Å²) in [6, 6.07) is 2.09. The number of alkyl halides is 1. The summed E-state index contributed by atoms with van der Waals surface area (Å²) in [6.07, 6.45) is 6.22. The van der Waals surface area contributed by atoms with Crippen molar-refractivity contribution in [3.63, 3.8) is 0 Å². The molecule has 1 fully saturated rings. The van der Waals surface area contributed by atoms with Crippen LogP contribution in [0.2, 0.25) is 0 Å². The van der Waals surface area contributed by atoms with Crippen LogP contribution in [0.1, 0.15) is 41.8 Å². The average Bonchev–Trinajstić information content (AvgIpc) is 2.75. The van der Waals surface area contributed by atoms with Gasteiger partial charge in [0.15, 0.2) is 0 Å². The molecule has 94 valence electrons. The molecule has 0 aromatic carbocycles. The summed E-state index contributed by atoms with van der Waals surface area (Å²) in [5, 5.41) is 0. The van der Waals surface area contributed by atoms with E-state index in [-0.39, 0.29) is 5.91 Å². The Morgan fingerprint density at radius 3 is 2.76 bits per heavy atom. The number of carbonyl (C=O) groups excluding carboxylic acids is 1. The zero-order valence-electron chi connectivity index (χ0n) is 10.3. The topological polar surface area (TPSA) is 33.5 Å². The molecule has 1 aliphatic rings. The van der Waals surface area contributed by atoms with Crippen molar-refractivity contribution in [3.05, 3.63) is 23.7 Å². The molecule has 0 N–H and O–H groups in total. The molecule has 4 heteroatoms. The maximum absolute atomic E-state index is 12.2. The van der Waals surface area contributed by atoms with Gasteiger partial charge in [0, 0.05) is 17.9 Å². The molecular formula is C13H18BrNO2. The van der Waals surface area contributed by atoms with Crippen LogP contribution in [0.3, 0.4) is 0 Å². The first kappa shape index (κ1) is 12.7. The Bertz CT molecular complexity index is 402. The number of hydrogen-bond acceptors (Lipinski definition) is 2. The van der Waals surface area contributed by atoms with Gasteiger partial charge in [-0.15, -0.1) is 0 Å². The van der Waals surface area contributed by atoms with Crippen LogP contribution in [0.15, 0.2) is 16.7 Å². The summed E-state index contributed by atoms with van der Waals surface area (Å²) >= 11 is 3.68. The summed E-state index contributed by atoms with van der Waals surface area (Å²) in [5.74, 6) is 0.832. The summed E-state index contributed by atoms with van der Waals surface area (Å²) in [5.41, 5.74) is 0.648. The highest BCUT2D eigenvalue weighted by Gasteiger charge is 2.29. The second-order valence-electron chi connectivity index (χ2n) is 4.73. The van der Waals surface area contributed by atoms with Crippen molar-refractivity contribution < 1.29 is 9.21 Å². The molecule has 2 unspecified atom stereocenters. The number of carbonyl (C=O) groups is 1. The lowest BCUT2D eigenvalue weighted by atomic mass is 9.94. The van der Waals surface area contributed by atoms with Crippen molar-refractivity contribution >= 4 is 21.8 Å². The van der Waals surface area contributed by atoms with Crippen LogP contribution in [-0.4, -0.2) is 28.7 Å². The molecule has 2 atom stereocenters. The van der Waals surface area contributed by atoms with Crippen LogP contribution in [0.4, 0.5) is 0 Å². The van der Waals surface area contributed by atoms with Gasteiger partial charge in [-0.1, -0.05) is 28.8 Å². The second-order valence-corrected chi connectivity index (χ2v) is 5.91. The molecule has 1 amide bonds. The van der Waals surface area contributed by atoms with E-state index in [0.717, 1.165) is 18.6 Å². The maximum atomic E-state index is 12.2. The van der Waals surface area contributed by atoms with Gasteiger partial charge in [-0.05, 0) is 25.8 Å². The minimum atomic E-state index is 0.0539. The summed E-state index contributed by atoms with van der Waals surface area (Å²) < 4.78 is 5.19. The lowest BCUT2D eigenvalue weighted by Gasteiger charge is -2.35. The lowest BCUT2D eigenvalue weighted by Crippen LogP contribution is -2.43. The summed E-state index contributed by atoms with van der Waals surface area (Å²) in [6.45, 7) is 1.85. The van der Waals surface area contributed by atoms with Crippen LogP contribution in [-0.2, 0) is 0 Å². The van der Waals surface area contributed by atoms with E-state index in [2.05, 4.69) is 15.9 Å². The van der Waals surface area contributed by atoms with Crippen LogP contribution in [0, 0.1) is 6.92 Å². The van der Waals surface area contributed by atoms with Crippen molar-refractivity contribution in [1.29, 1.82) is 0 Å². The Labute approximate surface area is 110 Å². The number of furan rings is 1. The molecule has 17 heavy (non-hydrogen) atoms. The monoisotopic (exact) mass is 299 g/mol. The normalized spacial score (nSPS) is 24.6. The van der Waals surface area contributed by atoms with Gasteiger partial charge in [0.2, 0.25) is 0 Å². The van der Waals surface area contributed by atoms with Crippen LogP contribution in [0.25, 0.3) is 0 Å².